The van der Waals surface area contributed by atoms with Crippen molar-refractivity contribution in [3.63, 3.8) is 0 Å². The first-order chi connectivity index (χ1) is 6.13. The van der Waals surface area contributed by atoms with Gasteiger partial charge in [-0.2, -0.15) is 0 Å². The van der Waals surface area contributed by atoms with E-state index in [9.17, 15) is 9.90 Å². The summed E-state index contributed by atoms with van der Waals surface area (Å²) < 4.78 is 0. The van der Waals surface area contributed by atoms with Gasteiger partial charge in [-0.1, -0.05) is 19.1 Å². The van der Waals surface area contributed by atoms with Gasteiger partial charge in [0.05, 0.1) is 0 Å². The van der Waals surface area contributed by atoms with Crippen LogP contribution in [0.3, 0.4) is 0 Å². The minimum atomic E-state index is 0.114. The summed E-state index contributed by atoms with van der Waals surface area (Å²) in [6.07, 6.45) is 1.21. The largest absolute Gasteiger partial charge is 0.508 e. The Hall–Kier alpha value is -1.31. The van der Waals surface area contributed by atoms with Gasteiger partial charge in [0, 0.05) is 6.42 Å². The molecule has 0 spiro atoms. The number of hydrogen-bond acceptors (Lipinski definition) is 2. The Morgan fingerprint density at radius 2 is 2.15 bits per heavy atom. The summed E-state index contributed by atoms with van der Waals surface area (Å²) in [5, 5.41) is 9.49. The topological polar surface area (TPSA) is 37.3 Å². The molecule has 0 aliphatic heterocycles. The molecule has 0 fully saturated rings. The molecule has 0 atom stereocenters. The van der Waals surface area contributed by atoms with Gasteiger partial charge in [-0.05, 0) is 30.5 Å². The number of aromatic hydroxyl groups is 1. The smallest absolute Gasteiger partial charge is 0.134 e. The molecule has 0 amide bonds. The van der Waals surface area contributed by atoms with Gasteiger partial charge in [0.2, 0.25) is 0 Å². The van der Waals surface area contributed by atoms with Crippen molar-refractivity contribution in [2.45, 2.75) is 26.7 Å². The van der Waals surface area contributed by atoms with Gasteiger partial charge < -0.3 is 5.11 Å². The second-order valence-electron chi connectivity index (χ2n) is 3.20. The van der Waals surface area contributed by atoms with Crippen molar-refractivity contribution >= 4 is 5.78 Å². The molecule has 0 unspecified atom stereocenters. The number of hydrogen-bond donors (Lipinski definition) is 1. The number of rotatable bonds is 3. The molecular weight excluding hydrogens is 164 g/mol. The first-order valence-electron chi connectivity index (χ1n) is 4.43. The fourth-order valence-corrected chi connectivity index (χ4v) is 1.31. The quantitative estimate of drug-likeness (QED) is 0.769. The van der Waals surface area contributed by atoms with Crippen LogP contribution in [-0.2, 0) is 17.6 Å². The Kier molecular flexibility index (Phi) is 3.07. The van der Waals surface area contributed by atoms with Gasteiger partial charge in [0.1, 0.15) is 11.5 Å². The Labute approximate surface area is 78.2 Å². The maximum absolute atomic E-state index is 10.8. The predicted octanol–water partition coefficient (Wildman–Crippen LogP) is 2.09. The summed E-state index contributed by atoms with van der Waals surface area (Å²) in [5.41, 5.74) is 1.80. The number of Topliss-reactive ketones (excluding diaryl/α,β-unsaturated/α-hetero) is 1. The summed E-state index contributed by atoms with van der Waals surface area (Å²) in [4.78, 5) is 10.8. The molecule has 1 N–H and O–H groups in total. The molecule has 2 nitrogen and oxygen atoms in total. The summed E-state index contributed by atoms with van der Waals surface area (Å²) in [6, 6.07) is 5.42. The highest BCUT2D eigenvalue weighted by atomic mass is 16.3. The van der Waals surface area contributed by atoms with Crippen LogP contribution in [0.5, 0.6) is 5.75 Å². The highest BCUT2D eigenvalue weighted by molar-refractivity contribution is 5.78. The number of phenols is 1. The van der Waals surface area contributed by atoms with E-state index >= 15 is 0 Å². The molecule has 1 rings (SSSR count). The van der Waals surface area contributed by atoms with Gasteiger partial charge in [0.25, 0.3) is 0 Å². The molecule has 0 radical (unpaired) electrons. The molecule has 1 aromatic carbocycles. The predicted molar refractivity (Wildman–Crippen MR) is 51.9 cm³/mol. The standard InChI is InChI=1S/C11H14O2/c1-3-10-5-4-9(6-8(2)12)7-11(10)13/h4-5,7,13H,3,6H2,1-2H3. The van der Waals surface area contributed by atoms with Crippen molar-refractivity contribution in [2.75, 3.05) is 0 Å². The second-order valence-corrected chi connectivity index (χ2v) is 3.20. The van der Waals surface area contributed by atoms with E-state index in [-0.39, 0.29) is 5.78 Å². The maximum atomic E-state index is 10.8. The van der Waals surface area contributed by atoms with E-state index in [4.69, 9.17) is 0 Å². The molecule has 0 heterocycles. The van der Waals surface area contributed by atoms with E-state index in [2.05, 4.69) is 0 Å². The van der Waals surface area contributed by atoms with E-state index in [1.54, 1.807) is 13.0 Å². The zero-order chi connectivity index (χ0) is 9.84. The fourth-order valence-electron chi connectivity index (χ4n) is 1.31. The number of carbonyl (C=O) groups is 1. The molecule has 70 valence electrons. The molecule has 2 heteroatoms. The lowest BCUT2D eigenvalue weighted by molar-refractivity contribution is -0.116. The van der Waals surface area contributed by atoms with E-state index in [0.717, 1.165) is 17.5 Å². The fraction of sp³-hybridized carbons (Fsp3) is 0.364. The van der Waals surface area contributed by atoms with Crippen LogP contribution in [0.1, 0.15) is 25.0 Å². The number of phenolic OH excluding ortho intramolecular Hbond substituents is 1. The Morgan fingerprint density at radius 3 is 2.62 bits per heavy atom. The Morgan fingerprint density at radius 1 is 1.46 bits per heavy atom. The second kappa shape index (κ2) is 4.08. The van der Waals surface area contributed by atoms with E-state index < -0.39 is 0 Å². The van der Waals surface area contributed by atoms with Gasteiger partial charge in [-0.15, -0.1) is 0 Å². The zero-order valence-electron chi connectivity index (χ0n) is 8.00. The normalized spacial score (nSPS) is 10.0. The highest BCUT2D eigenvalue weighted by Gasteiger charge is 2.02. The van der Waals surface area contributed by atoms with Gasteiger partial charge in [-0.25, -0.2) is 0 Å². The zero-order valence-corrected chi connectivity index (χ0v) is 8.00. The minimum Gasteiger partial charge on any atom is -0.508 e. The Balaban J connectivity index is 2.89. The van der Waals surface area contributed by atoms with E-state index in [0.29, 0.717) is 12.2 Å². The lowest BCUT2D eigenvalue weighted by atomic mass is 10.0. The summed E-state index contributed by atoms with van der Waals surface area (Å²) >= 11 is 0. The molecule has 0 bridgehead atoms. The third-order valence-corrected chi connectivity index (χ3v) is 1.98. The monoisotopic (exact) mass is 178 g/mol. The van der Waals surface area contributed by atoms with Crippen LogP contribution >= 0.6 is 0 Å². The molecule has 0 saturated carbocycles. The van der Waals surface area contributed by atoms with Crippen LogP contribution in [0.25, 0.3) is 0 Å². The number of ketones is 1. The van der Waals surface area contributed by atoms with Crippen LogP contribution in [0, 0.1) is 0 Å². The molecule has 0 aliphatic rings. The van der Waals surface area contributed by atoms with Crippen LogP contribution in [0.4, 0.5) is 0 Å². The van der Waals surface area contributed by atoms with Crippen LogP contribution in [0.15, 0.2) is 18.2 Å². The maximum Gasteiger partial charge on any atom is 0.134 e. The molecule has 1 aromatic rings. The van der Waals surface area contributed by atoms with Crippen molar-refractivity contribution in [3.8, 4) is 5.75 Å². The molecule has 13 heavy (non-hydrogen) atoms. The first kappa shape index (κ1) is 9.78. The van der Waals surface area contributed by atoms with Gasteiger partial charge in [-0.3, -0.25) is 4.79 Å². The highest BCUT2D eigenvalue weighted by Crippen LogP contribution is 2.19. The summed E-state index contributed by atoms with van der Waals surface area (Å²) in [5.74, 6) is 0.407. The van der Waals surface area contributed by atoms with Crippen molar-refractivity contribution in [2.24, 2.45) is 0 Å². The average molecular weight is 178 g/mol. The van der Waals surface area contributed by atoms with Crippen molar-refractivity contribution < 1.29 is 9.90 Å². The lowest BCUT2D eigenvalue weighted by Gasteiger charge is -2.03. The van der Waals surface area contributed by atoms with Crippen LogP contribution in [-0.4, -0.2) is 10.9 Å². The first-order valence-corrected chi connectivity index (χ1v) is 4.43. The van der Waals surface area contributed by atoms with Crippen LogP contribution < -0.4 is 0 Å². The van der Waals surface area contributed by atoms with E-state index in [1.165, 1.54) is 0 Å². The summed E-state index contributed by atoms with van der Waals surface area (Å²) in [7, 11) is 0. The van der Waals surface area contributed by atoms with Crippen LogP contribution in [0.2, 0.25) is 0 Å². The number of benzene rings is 1. The third-order valence-electron chi connectivity index (χ3n) is 1.98. The van der Waals surface area contributed by atoms with E-state index in [1.807, 2.05) is 19.1 Å². The Bertz CT molecular complexity index is 316. The van der Waals surface area contributed by atoms with Crippen molar-refractivity contribution in [3.05, 3.63) is 29.3 Å². The lowest BCUT2D eigenvalue weighted by Crippen LogP contribution is -1.96. The van der Waals surface area contributed by atoms with Gasteiger partial charge in [0.15, 0.2) is 0 Å². The third kappa shape index (κ3) is 2.58. The average Bonchev–Trinajstić information content (AvgIpc) is 2.03. The van der Waals surface area contributed by atoms with Crippen molar-refractivity contribution in [1.82, 2.24) is 0 Å². The molecule has 0 saturated heterocycles. The number of carbonyl (C=O) groups excluding carboxylic acids is 1. The minimum absolute atomic E-state index is 0.114. The summed E-state index contributed by atoms with van der Waals surface area (Å²) in [6.45, 7) is 3.53. The molecule has 0 aliphatic carbocycles. The SMILES string of the molecule is CCc1ccc(CC(C)=O)cc1O. The van der Waals surface area contributed by atoms with Crippen molar-refractivity contribution in [1.29, 1.82) is 0 Å². The molecular formula is C11H14O2. The molecule has 0 aromatic heterocycles. The van der Waals surface area contributed by atoms with Gasteiger partial charge >= 0.3 is 0 Å². The number of aryl methyl sites for hydroxylation is 1.